The Bertz CT molecular complexity index is 1650. The third-order valence-corrected chi connectivity index (χ3v) is 11.9. The molecule has 2 nitrogen and oxygen atoms in total. The molecule has 0 saturated carbocycles. The molecule has 3 aromatic rings. The zero-order valence-corrected chi connectivity index (χ0v) is 26.4. The molecule has 0 saturated heterocycles. The van der Waals surface area contributed by atoms with E-state index in [9.17, 15) is 0 Å². The molecule has 4 atom stereocenters. The van der Waals surface area contributed by atoms with Gasteiger partial charge >= 0.3 is 0 Å². The largest absolute Gasteiger partial charge is 0.363 e. The predicted molar refractivity (Wildman–Crippen MR) is 179 cm³/mol. The summed E-state index contributed by atoms with van der Waals surface area (Å²) in [5.41, 5.74) is 11.2. The molecule has 0 bridgehead atoms. The van der Waals surface area contributed by atoms with Crippen LogP contribution in [0, 0.1) is 0 Å². The highest BCUT2D eigenvalue weighted by atomic mass is 28.3. The molecule has 0 fully saturated rings. The van der Waals surface area contributed by atoms with Gasteiger partial charge in [-0.3, -0.25) is 0 Å². The van der Waals surface area contributed by atoms with Crippen molar-refractivity contribution in [3.05, 3.63) is 160 Å². The van der Waals surface area contributed by atoms with Gasteiger partial charge in [0.05, 0.1) is 20.2 Å². The minimum Gasteiger partial charge on any atom is -0.363 e. The summed E-state index contributed by atoms with van der Waals surface area (Å²) in [7, 11) is -1.66. The van der Waals surface area contributed by atoms with Crippen molar-refractivity contribution in [3.8, 4) is 0 Å². The van der Waals surface area contributed by atoms with E-state index < -0.39 is 8.07 Å². The quantitative estimate of drug-likeness (QED) is 0.285. The number of hydrogen-bond acceptors (Lipinski definition) is 2. The summed E-state index contributed by atoms with van der Waals surface area (Å²) in [6, 6.07) is 30.2. The van der Waals surface area contributed by atoms with Crippen molar-refractivity contribution < 1.29 is 0 Å². The fraction of sp³-hybridized carbons (Fsp3) is 0.282. The summed E-state index contributed by atoms with van der Waals surface area (Å²) in [5.74, 6) is 0.435. The van der Waals surface area contributed by atoms with E-state index in [1.54, 1.807) is 5.20 Å². The molecule has 0 aromatic heterocycles. The number of rotatable bonds is 2. The van der Waals surface area contributed by atoms with E-state index in [2.05, 4.69) is 146 Å². The molecule has 3 aromatic carbocycles. The lowest BCUT2D eigenvalue weighted by Crippen LogP contribution is -2.46. The monoisotopic (exact) mass is 566 g/mol. The summed E-state index contributed by atoms with van der Waals surface area (Å²) in [6.07, 6.45) is 15.1. The van der Waals surface area contributed by atoms with Gasteiger partial charge in [-0.2, -0.15) is 0 Å². The van der Waals surface area contributed by atoms with Gasteiger partial charge < -0.3 is 9.80 Å². The van der Waals surface area contributed by atoms with Gasteiger partial charge in [-0.25, -0.2) is 0 Å². The van der Waals surface area contributed by atoms with Gasteiger partial charge in [0.1, 0.15) is 0 Å². The maximum atomic E-state index is 4.86. The Morgan fingerprint density at radius 3 is 2.29 bits per heavy atom. The summed E-state index contributed by atoms with van der Waals surface area (Å²) in [5, 5.41) is 1.54. The minimum absolute atomic E-state index is 0.157. The van der Waals surface area contributed by atoms with Crippen molar-refractivity contribution in [2.24, 2.45) is 0 Å². The highest BCUT2D eigenvalue weighted by molar-refractivity contribution is 6.85. The van der Waals surface area contributed by atoms with Crippen molar-refractivity contribution in [2.45, 2.75) is 69.9 Å². The minimum atomic E-state index is -1.66. The van der Waals surface area contributed by atoms with E-state index in [1.807, 2.05) is 0 Å². The lowest BCUT2D eigenvalue weighted by atomic mass is 9.73. The SMILES string of the molecule is C=C1CC2C(CCc3ccccc3C3C=C([Si](C)(C)C)C(c4ccccc4)=CN13)c1ccccc1C1C(C)=CC=CN12. The topological polar surface area (TPSA) is 6.48 Å². The number of allylic oxidation sites excluding steroid dienone is 4. The van der Waals surface area contributed by atoms with Gasteiger partial charge in [-0.15, -0.1) is 0 Å². The van der Waals surface area contributed by atoms with Crippen LogP contribution in [-0.4, -0.2) is 23.9 Å². The molecule has 4 unspecified atom stereocenters. The first kappa shape index (κ1) is 27.0. The average molecular weight is 567 g/mol. The van der Waals surface area contributed by atoms with E-state index in [1.165, 1.54) is 44.7 Å². The maximum absolute atomic E-state index is 4.86. The van der Waals surface area contributed by atoms with Gasteiger partial charge in [0.25, 0.3) is 0 Å². The Morgan fingerprint density at radius 1 is 0.833 bits per heavy atom. The van der Waals surface area contributed by atoms with Crippen molar-refractivity contribution in [1.29, 1.82) is 0 Å². The second-order valence-electron chi connectivity index (χ2n) is 13.5. The first-order chi connectivity index (χ1) is 20.3. The highest BCUT2D eigenvalue weighted by Gasteiger charge is 2.42. The molecule has 4 heterocycles. The number of fused-ring (bicyclic) bond motifs is 9. The van der Waals surface area contributed by atoms with Crippen LogP contribution in [0.5, 0.6) is 0 Å². The second-order valence-corrected chi connectivity index (χ2v) is 18.5. The first-order valence-electron chi connectivity index (χ1n) is 15.6. The van der Waals surface area contributed by atoms with Crippen molar-refractivity contribution in [1.82, 2.24) is 9.80 Å². The number of hydrogen-bond donors (Lipinski definition) is 0. The molecule has 0 aliphatic carbocycles. The van der Waals surface area contributed by atoms with Crippen LogP contribution in [0.1, 0.15) is 65.6 Å². The predicted octanol–water partition coefficient (Wildman–Crippen LogP) is 9.72. The van der Waals surface area contributed by atoms with Crippen molar-refractivity contribution in [2.75, 3.05) is 0 Å². The normalized spacial score (nSPS) is 25.1. The standard InChI is InChI=1S/C39H42N2Si/c1-27-14-13-23-40-36-24-28(2)41-26-35(29-15-7-6-8-16-29)38(42(3,4)5)25-37(41)31-18-10-9-17-30(31)21-22-33(36)32-19-11-12-20-34(32)39(27)40/h6-20,23,25-26,33,36-37,39H,2,21-22,24H2,1,3-5H3. The van der Waals surface area contributed by atoms with Gasteiger partial charge in [0, 0.05) is 36.5 Å². The molecular weight excluding hydrogens is 525 g/mol. The molecule has 0 amide bonds. The van der Waals surface area contributed by atoms with Crippen LogP contribution in [-0.2, 0) is 6.42 Å². The highest BCUT2D eigenvalue weighted by Crippen LogP contribution is 2.50. The third kappa shape index (κ3) is 4.55. The Hall–Kier alpha value is -3.82. The van der Waals surface area contributed by atoms with Crippen LogP contribution >= 0.6 is 0 Å². The summed E-state index contributed by atoms with van der Waals surface area (Å²) in [6.45, 7) is 14.6. The molecule has 0 N–H and O–H groups in total. The molecular formula is C39H42N2Si. The Labute approximate surface area is 253 Å². The van der Waals surface area contributed by atoms with E-state index in [-0.39, 0.29) is 6.04 Å². The fourth-order valence-electron chi connectivity index (χ4n) is 7.88. The van der Waals surface area contributed by atoms with E-state index in [0.29, 0.717) is 18.0 Å². The smallest absolute Gasteiger partial charge is 0.0781 e. The van der Waals surface area contributed by atoms with Crippen LogP contribution < -0.4 is 0 Å². The van der Waals surface area contributed by atoms with E-state index in [0.717, 1.165) is 19.3 Å². The average Bonchev–Trinajstić information content (AvgIpc) is 3.00. The Kier molecular flexibility index (Phi) is 6.74. The van der Waals surface area contributed by atoms with Crippen LogP contribution in [0.15, 0.2) is 133 Å². The lowest BCUT2D eigenvalue weighted by molar-refractivity contribution is 0.158. The Morgan fingerprint density at radius 2 is 1.52 bits per heavy atom. The lowest BCUT2D eigenvalue weighted by Gasteiger charge is -2.50. The van der Waals surface area contributed by atoms with Crippen LogP contribution in [0.25, 0.3) is 5.57 Å². The van der Waals surface area contributed by atoms with Gasteiger partial charge in [-0.1, -0.05) is 122 Å². The molecule has 212 valence electrons. The van der Waals surface area contributed by atoms with Crippen molar-refractivity contribution >= 4 is 13.6 Å². The summed E-state index contributed by atoms with van der Waals surface area (Å²) >= 11 is 0. The zero-order chi connectivity index (χ0) is 29.0. The molecule has 42 heavy (non-hydrogen) atoms. The van der Waals surface area contributed by atoms with Gasteiger partial charge in [0.2, 0.25) is 0 Å². The van der Waals surface area contributed by atoms with E-state index >= 15 is 0 Å². The summed E-state index contributed by atoms with van der Waals surface area (Å²) < 4.78 is 0. The number of benzene rings is 3. The second kappa shape index (κ2) is 10.5. The molecule has 4 aliphatic heterocycles. The van der Waals surface area contributed by atoms with Crippen LogP contribution in [0.2, 0.25) is 19.6 Å². The molecule has 0 spiro atoms. The van der Waals surface area contributed by atoms with Gasteiger partial charge in [0.15, 0.2) is 0 Å². The van der Waals surface area contributed by atoms with Crippen LogP contribution in [0.3, 0.4) is 0 Å². The zero-order valence-electron chi connectivity index (χ0n) is 25.4. The Balaban J connectivity index is 1.40. The number of nitrogens with zero attached hydrogens (tertiary/aromatic N) is 2. The van der Waals surface area contributed by atoms with Crippen LogP contribution in [0.4, 0.5) is 0 Å². The maximum Gasteiger partial charge on any atom is 0.0781 e. The fourth-order valence-corrected chi connectivity index (χ4v) is 9.55. The molecule has 7 rings (SSSR count). The summed E-state index contributed by atoms with van der Waals surface area (Å²) in [4.78, 5) is 5.18. The number of aryl methyl sites for hydroxylation is 1. The molecule has 4 aliphatic rings. The van der Waals surface area contributed by atoms with Gasteiger partial charge in [-0.05, 0) is 64.8 Å². The van der Waals surface area contributed by atoms with E-state index in [4.69, 9.17) is 6.58 Å². The van der Waals surface area contributed by atoms with Crippen molar-refractivity contribution in [3.63, 3.8) is 0 Å². The molecule has 0 radical (unpaired) electrons. The third-order valence-electron chi connectivity index (χ3n) is 9.87. The first-order valence-corrected chi connectivity index (χ1v) is 19.1. The molecule has 3 heteroatoms.